The fourth-order valence-corrected chi connectivity index (χ4v) is 7.01. The molecule has 6 nitrogen and oxygen atoms in total. The average molecular weight is 509 g/mol. The highest BCUT2D eigenvalue weighted by molar-refractivity contribution is 5.06. The summed E-state index contributed by atoms with van der Waals surface area (Å²) in [6, 6.07) is 0. The van der Waals surface area contributed by atoms with Crippen molar-refractivity contribution >= 4 is 0 Å². The van der Waals surface area contributed by atoms with Crippen LogP contribution < -0.4 is 0 Å². The first-order valence-corrected chi connectivity index (χ1v) is 14.3. The van der Waals surface area contributed by atoms with Crippen LogP contribution in [0.1, 0.15) is 120 Å². The molecule has 0 radical (unpaired) electrons. The smallest absolute Gasteiger partial charge is 0.0921 e. The van der Waals surface area contributed by atoms with Crippen molar-refractivity contribution in [2.24, 2.45) is 0 Å². The predicted molar refractivity (Wildman–Crippen MR) is 141 cm³/mol. The van der Waals surface area contributed by atoms with Gasteiger partial charge in [-0.05, 0) is 120 Å². The Morgan fingerprint density at radius 3 is 1.81 bits per heavy atom. The number of hydrogen-bond donors (Lipinski definition) is 2. The minimum Gasteiger partial charge on any atom is -0.388 e. The molecule has 208 valence electrons. The molecule has 4 fully saturated rings. The summed E-state index contributed by atoms with van der Waals surface area (Å²) < 4.78 is 26.4. The molecule has 4 aliphatic heterocycles. The van der Waals surface area contributed by atoms with Crippen LogP contribution in [0.5, 0.6) is 0 Å². The minimum absolute atomic E-state index is 0.0103. The molecule has 0 unspecified atom stereocenters. The van der Waals surface area contributed by atoms with E-state index in [2.05, 4.69) is 40.7 Å². The largest absolute Gasteiger partial charge is 0.388 e. The Morgan fingerprint density at radius 1 is 0.750 bits per heavy atom. The highest BCUT2D eigenvalue weighted by Crippen LogP contribution is 2.50. The Balaban J connectivity index is 1.33. The van der Waals surface area contributed by atoms with E-state index in [0.717, 1.165) is 57.8 Å². The van der Waals surface area contributed by atoms with Crippen LogP contribution >= 0.6 is 0 Å². The normalized spacial score (nSPS) is 45.2. The number of ether oxygens (including phenoxy) is 4. The van der Waals surface area contributed by atoms with Gasteiger partial charge in [0.05, 0.1) is 58.5 Å². The molecule has 0 aromatic rings. The third-order valence-electron chi connectivity index (χ3n) is 9.69. The van der Waals surface area contributed by atoms with E-state index >= 15 is 0 Å². The molecule has 6 heteroatoms. The van der Waals surface area contributed by atoms with Gasteiger partial charge in [0.25, 0.3) is 0 Å². The van der Waals surface area contributed by atoms with Gasteiger partial charge in [-0.2, -0.15) is 0 Å². The Morgan fingerprint density at radius 2 is 1.25 bits per heavy atom. The number of rotatable bonds is 8. The van der Waals surface area contributed by atoms with Gasteiger partial charge < -0.3 is 29.2 Å². The summed E-state index contributed by atoms with van der Waals surface area (Å²) in [5, 5.41) is 21.6. The first kappa shape index (κ1) is 28.5. The maximum atomic E-state index is 11.2. The SMILES string of the molecule is CC(C)=CCC[C@](C)(O)[C@H]1CC[C@](C)([C@H]2CC[C@H]([C@@]3(C)CC[C@@H]([C@]4(C)CC[C@H](C(C)(C)O)O4)O3)O2)O1. The van der Waals surface area contributed by atoms with Crippen LogP contribution in [-0.2, 0) is 18.9 Å². The van der Waals surface area contributed by atoms with E-state index in [1.807, 2.05) is 20.8 Å². The van der Waals surface area contributed by atoms with E-state index in [9.17, 15) is 10.2 Å². The zero-order chi connectivity index (χ0) is 26.6. The fourth-order valence-electron chi connectivity index (χ4n) is 7.01. The second-order valence-corrected chi connectivity index (χ2v) is 13.9. The van der Waals surface area contributed by atoms with Crippen LogP contribution in [-0.4, -0.2) is 68.7 Å². The van der Waals surface area contributed by atoms with Crippen LogP contribution in [0.4, 0.5) is 0 Å². The Kier molecular flexibility index (Phi) is 7.85. The standard InChI is InChI=1S/C30H52O6/c1-20(2)10-9-16-27(5,32)22-14-18-28(6,35-22)23-11-12-24(33-23)29(7)19-15-25(36-29)30(8)17-13-21(34-30)26(3,4)31/h10,21-25,31-32H,9,11-19H2,1-8H3/t21-,22-,23-,24-,25+,27+,28-,29-,30+/m1/s1. The van der Waals surface area contributed by atoms with Crippen LogP contribution in [0.3, 0.4) is 0 Å². The summed E-state index contributed by atoms with van der Waals surface area (Å²) in [6.45, 7) is 16.3. The highest BCUT2D eigenvalue weighted by Gasteiger charge is 2.57. The fraction of sp³-hybridized carbons (Fsp3) is 0.933. The van der Waals surface area contributed by atoms with Crippen LogP contribution in [0.15, 0.2) is 11.6 Å². The van der Waals surface area contributed by atoms with Gasteiger partial charge in [0.2, 0.25) is 0 Å². The van der Waals surface area contributed by atoms with E-state index in [-0.39, 0.29) is 47.3 Å². The molecule has 4 aliphatic rings. The van der Waals surface area contributed by atoms with Crippen molar-refractivity contribution < 1.29 is 29.2 Å². The molecule has 4 heterocycles. The summed E-state index contributed by atoms with van der Waals surface area (Å²) in [4.78, 5) is 0. The zero-order valence-corrected chi connectivity index (χ0v) is 24.1. The number of allylic oxidation sites excluding steroid dienone is 2. The van der Waals surface area contributed by atoms with Crippen LogP contribution in [0.2, 0.25) is 0 Å². The number of hydrogen-bond acceptors (Lipinski definition) is 6. The molecule has 0 spiro atoms. The molecular weight excluding hydrogens is 456 g/mol. The lowest BCUT2D eigenvalue weighted by molar-refractivity contribution is -0.209. The second kappa shape index (κ2) is 9.91. The van der Waals surface area contributed by atoms with Gasteiger partial charge in [-0.3, -0.25) is 0 Å². The second-order valence-electron chi connectivity index (χ2n) is 13.9. The molecule has 0 aliphatic carbocycles. The van der Waals surface area contributed by atoms with Gasteiger partial charge in [0.1, 0.15) is 0 Å². The lowest BCUT2D eigenvalue weighted by atomic mass is 9.88. The van der Waals surface area contributed by atoms with Gasteiger partial charge in [-0.25, -0.2) is 0 Å². The third kappa shape index (κ3) is 5.74. The van der Waals surface area contributed by atoms with Gasteiger partial charge in [-0.1, -0.05) is 11.6 Å². The summed E-state index contributed by atoms with van der Waals surface area (Å²) in [6.07, 6.45) is 10.8. The lowest BCUT2D eigenvalue weighted by Crippen LogP contribution is -2.48. The Hall–Kier alpha value is -0.500. The predicted octanol–water partition coefficient (Wildman–Crippen LogP) is 5.62. The quantitative estimate of drug-likeness (QED) is 0.415. The first-order valence-electron chi connectivity index (χ1n) is 14.3. The summed E-state index contributed by atoms with van der Waals surface area (Å²) in [7, 11) is 0. The maximum Gasteiger partial charge on any atom is 0.0921 e. The molecule has 36 heavy (non-hydrogen) atoms. The maximum absolute atomic E-state index is 11.2. The monoisotopic (exact) mass is 508 g/mol. The van der Waals surface area contributed by atoms with Crippen molar-refractivity contribution in [2.75, 3.05) is 0 Å². The lowest BCUT2D eigenvalue weighted by Gasteiger charge is -2.38. The van der Waals surface area contributed by atoms with Crippen LogP contribution in [0.25, 0.3) is 0 Å². The molecule has 4 rings (SSSR count). The van der Waals surface area contributed by atoms with E-state index in [1.165, 1.54) is 5.57 Å². The molecule has 4 saturated heterocycles. The molecule has 0 aromatic heterocycles. The average Bonchev–Trinajstić information content (AvgIpc) is 3.53. The molecule has 0 aromatic carbocycles. The highest BCUT2D eigenvalue weighted by atomic mass is 16.6. The van der Waals surface area contributed by atoms with Gasteiger partial charge in [0, 0.05) is 0 Å². The van der Waals surface area contributed by atoms with Crippen molar-refractivity contribution in [2.45, 2.75) is 178 Å². The number of aliphatic hydroxyl groups is 2. The zero-order valence-electron chi connectivity index (χ0n) is 24.1. The third-order valence-corrected chi connectivity index (χ3v) is 9.69. The van der Waals surface area contributed by atoms with Gasteiger partial charge >= 0.3 is 0 Å². The summed E-state index contributed by atoms with van der Waals surface area (Å²) >= 11 is 0. The first-order chi connectivity index (χ1) is 16.6. The van der Waals surface area contributed by atoms with Crippen LogP contribution in [0, 0.1) is 0 Å². The van der Waals surface area contributed by atoms with Crippen molar-refractivity contribution in [3.05, 3.63) is 11.6 Å². The van der Waals surface area contributed by atoms with E-state index < -0.39 is 11.2 Å². The van der Waals surface area contributed by atoms with Crippen molar-refractivity contribution in [3.8, 4) is 0 Å². The molecule has 0 saturated carbocycles. The van der Waals surface area contributed by atoms with E-state index in [4.69, 9.17) is 18.9 Å². The van der Waals surface area contributed by atoms with Gasteiger partial charge in [0.15, 0.2) is 0 Å². The minimum atomic E-state index is -0.841. The molecule has 9 atom stereocenters. The van der Waals surface area contributed by atoms with Crippen molar-refractivity contribution in [3.63, 3.8) is 0 Å². The van der Waals surface area contributed by atoms with Crippen molar-refractivity contribution in [1.82, 2.24) is 0 Å². The molecule has 2 N–H and O–H groups in total. The summed E-state index contributed by atoms with van der Waals surface area (Å²) in [5.74, 6) is 0. The Bertz CT molecular complexity index is 813. The topological polar surface area (TPSA) is 77.4 Å². The van der Waals surface area contributed by atoms with E-state index in [0.29, 0.717) is 6.42 Å². The van der Waals surface area contributed by atoms with E-state index in [1.54, 1.807) is 0 Å². The summed E-state index contributed by atoms with van der Waals surface area (Å²) in [5.41, 5.74) is -1.49. The van der Waals surface area contributed by atoms with Crippen molar-refractivity contribution in [1.29, 1.82) is 0 Å². The van der Waals surface area contributed by atoms with Gasteiger partial charge in [-0.15, -0.1) is 0 Å². The molecule has 0 bridgehead atoms. The molecule has 0 amide bonds. The molecular formula is C30H52O6. The Labute approximate surface area is 219 Å².